The lowest BCUT2D eigenvalue weighted by atomic mass is 9.74. The Morgan fingerprint density at radius 1 is 1.11 bits per heavy atom. The van der Waals surface area contributed by atoms with Crippen LogP contribution in [0.4, 0.5) is 0 Å². The molecule has 0 aromatic heterocycles. The third-order valence-corrected chi connectivity index (χ3v) is 2.99. The van der Waals surface area contributed by atoms with Gasteiger partial charge in [-0.15, -0.1) is 0 Å². The van der Waals surface area contributed by atoms with Crippen LogP contribution in [0.5, 0.6) is 0 Å². The summed E-state index contributed by atoms with van der Waals surface area (Å²) in [5, 5.41) is 3.02. The summed E-state index contributed by atoms with van der Waals surface area (Å²) in [5.41, 5.74) is 1.05. The molecule has 1 N–H and O–H groups in total. The van der Waals surface area contributed by atoms with Crippen LogP contribution >= 0.6 is 0 Å². The molecule has 0 spiro atoms. The number of hydrogen-bond donors (Lipinski definition) is 1. The van der Waals surface area contributed by atoms with Gasteiger partial charge in [0.1, 0.15) is 0 Å². The summed E-state index contributed by atoms with van der Waals surface area (Å²) in [7, 11) is 0. The normalized spacial score (nSPS) is 14.4. The molecule has 0 aromatic rings. The van der Waals surface area contributed by atoms with E-state index in [-0.39, 0.29) is 16.9 Å². The monoisotopic (exact) mass is 263 g/mol. The number of carbonyl (C=O) groups excluding carboxylic acids is 1. The summed E-state index contributed by atoms with van der Waals surface area (Å²) in [6, 6.07) is 0. The minimum atomic E-state index is -0.216. The molecule has 0 rings (SSSR count). The fourth-order valence-corrected chi connectivity index (χ4v) is 2.61. The first kappa shape index (κ1) is 17.7. The smallest absolute Gasteiger partial charge is 0.217 e. The molecule has 2 heteroatoms. The second-order valence-electron chi connectivity index (χ2n) is 6.27. The van der Waals surface area contributed by atoms with E-state index in [0.717, 1.165) is 6.42 Å². The topological polar surface area (TPSA) is 29.1 Å². The summed E-state index contributed by atoms with van der Waals surface area (Å²) in [5.74, 6) is 0.0193. The summed E-state index contributed by atoms with van der Waals surface area (Å²) in [4.78, 5) is 11.3. The van der Waals surface area contributed by atoms with Gasteiger partial charge in [0.25, 0.3) is 0 Å². The molecule has 0 aliphatic carbocycles. The highest BCUT2D eigenvalue weighted by Gasteiger charge is 2.31. The molecule has 19 heavy (non-hydrogen) atoms. The van der Waals surface area contributed by atoms with E-state index >= 15 is 0 Å². The largest absolute Gasteiger partial charge is 0.351 e. The second kappa shape index (κ2) is 7.32. The van der Waals surface area contributed by atoms with E-state index in [0.29, 0.717) is 0 Å². The van der Waals surface area contributed by atoms with E-state index < -0.39 is 0 Å². The predicted molar refractivity (Wildman–Crippen MR) is 84.0 cm³/mol. The van der Waals surface area contributed by atoms with E-state index in [1.165, 1.54) is 5.57 Å². The lowest BCUT2D eigenvalue weighted by Crippen LogP contribution is -2.45. The Balaban J connectivity index is 5.16. The number of rotatable bonds is 6. The Morgan fingerprint density at radius 2 is 1.68 bits per heavy atom. The zero-order valence-corrected chi connectivity index (χ0v) is 13.5. The molecular formula is C17H29NO. The molecule has 1 amide bonds. The lowest BCUT2D eigenvalue weighted by molar-refractivity contribution is -0.120. The molecule has 0 unspecified atom stereocenters. The average molecular weight is 263 g/mol. The third-order valence-electron chi connectivity index (χ3n) is 2.99. The van der Waals surface area contributed by atoms with Crippen LogP contribution in [0.25, 0.3) is 0 Å². The third kappa shape index (κ3) is 7.00. The van der Waals surface area contributed by atoms with Gasteiger partial charge in [-0.2, -0.15) is 0 Å². The molecule has 0 radical (unpaired) electrons. The van der Waals surface area contributed by atoms with Gasteiger partial charge < -0.3 is 5.32 Å². The van der Waals surface area contributed by atoms with Crippen LogP contribution in [0.15, 0.2) is 36.0 Å². The van der Waals surface area contributed by atoms with Crippen LogP contribution in [0.1, 0.15) is 54.9 Å². The maximum Gasteiger partial charge on any atom is 0.217 e. The number of nitrogens with one attached hydrogen (secondary N) is 1. The van der Waals surface area contributed by atoms with Gasteiger partial charge in [-0.05, 0) is 45.1 Å². The van der Waals surface area contributed by atoms with Crippen LogP contribution in [-0.4, -0.2) is 11.4 Å². The summed E-state index contributed by atoms with van der Waals surface area (Å²) in [6.45, 7) is 14.2. The zero-order chi connectivity index (χ0) is 15.1. The highest BCUT2D eigenvalue weighted by Crippen LogP contribution is 2.36. The van der Waals surface area contributed by atoms with E-state index in [9.17, 15) is 4.79 Å². The van der Waals surface area contributed by atoms with Crippen LogP contribution in [0, 0.1) is 5.41 Å². The van der Waals surface area contributed by atoms with Crippen molar-refractivity contribution in [3.8, 4) is 0 Å². The highest BCUT2D eigenvalue weighted by molar-refractivity contribution is 5.73. The van der Waals surface area contributed by atoms with Gasteiger partial charge in [-0.25, -0.2) is 0 Å². The highest BCUT2D eigenvalue weighted by atomic mass is 16.1. The number of carbonyl (C=O) groups is 1. The van der Waals surface area contributed by atoms with Crippen molar-refractivity contribution < 1.29 is 4.79 Å². The Labute approximate surface area is 118 Å². The van der Waals surface area contributed by atoms with Crippen molar-refractivity contribution in [1.29, 1.82) is 0 Å². The molecular weight excluding hydrogens is 234 g/mol. The van der Waals surface area contributed by atoms with E-state index in [2.05, 4.69) is 57.3 Å². The Morgan fingerprint density at radius 3 is 2.11 bits per heavy atom. The predicted octanol–water partition coefficient (Wildman–Crippen LogP) is 4.40. The van der Waals surface area contributed by atoms with Crippen molar-refractivity contribution in [1.82, 2.24) is 5.32 Å². The maximum atomic E-state index is 11.3. The van der Waals surface area contributed by atoms with Gasteiger partial charge in [-0.1, -0.05) is 44.2 Å². The average Bonchev–Trinajstić information content (AvgIpc) is 2.20. The zero-order valence-electron chi connectivity index (χ0n) is 13.5. The number of hydrogen-bond acceptors (Lipinski definition) is 1. The fourth-order valence-electron chi connectivity index (χ4n) is 2.61. The SMILES string of the molecule is C\C=C/C=C(\C=C/C)C(C)(C)CC(C)(C)NC(C)=O. The standard InChI is InChI=1S/C17H29NO/c1-8-10-12-15(11-9-2)16(4,5)13-17(6,7)18-14(3)19/h8-12H,13H2,1-7H3,(H,18,19)/b10-8-,11-9-,15-12+. The van der Waals surface area contributed by atoms with Gasteiger partial charge in [0.05, 0.1) is 0 Å². The van der Waals surface area contributed by atoms with Crippen molar-refractivity contribution in [3.63, 3.8) is 0 Å². The Bertz CT molecular complexity index is 384. The summed E-state index contributed by atoms with van der Waals surface area (Å²) < 4.78 is 0. The molecule has 0 saturated carbocycles. The quantitative estimate of drug-likeness (QED) is 0.707. The van der Waals surface area contributed by atoms with Crippen LogP contribution < -0.4 is 5.32 Å². The van der Waals surface area contributed by atoms with Crippen LogP contribution in [0.2, 0.25) is 0 Å². The molecule has 0 bridgehead atoms. The molecule has 0 fully saturated rings. The van der Waals surface area contributed by atoms with Gasteiger partial charge >= 0.3 is 0 Å². The van der Waals surface area contributed by atoms with E-state index in [4.69, 9.17) is 0 Å². The van der Waals surface area contributed by atoms with E-state index in [1.54, 1.807) is 6.92 Å². The van der Waals surface area contributed by atoms with Gasteiger partial charge in [0.15, 0.2) is 0 Å². The Kier molecular flexibility index (Phi) is 6.82. The van der Waals surface area contributed by atoms with Crippen LogP contribution in [-0.2, 0) is 4.79 Å². The molecule has 0 atom stereocenters. The van der Waals surface area contributed by atoms with E-state index in [1.807, 2.05) is 19.9 Å². The molecule has 108 valence electrons. The van der Waals surface area contributed by atoms with Gasteiger partial charge in [0, 0.05) is 12.5 Å². The minimum absolute atomic E-state index is 0.00201. The number of amides is 1. The van der Waals surface area contributed by atoms with Crippen molar-refractivity contribution in [2.24, 2.45) is 5.41 Å². The fraction of sp³-hybridized carbons (Fsp3) is 0.588. The first-order valence-electron chi connectivity index (χ1n) is 6.89. The molecule has 0 aliphatic rings. The summed E-state index contributed by atoms with van der Waals surface area (Å²) >= 11 is 0. The lowest BCUT2D eigenvalue weighted by Gasteiger charge is -2.36. The second-order valence-corrected chi connectivity index (χ2v) is 6.27. The van der Waals surface area contributed by atoms with Gasteiger partial charge in [0.2, 0.25) is 5.91 Å². The van der Waals surface area contributed by atoms with Crippen molar-refractivity contribution in [2.45, 2.75) is 60.4 Å². The van der Waals surface area contributed by atoms with Crippen molar-refractivity contribution in [2.75, 3.05) is 0 Å². The molecule has 0 aliphatic heterocycles. The first-order valence-corrected chi connectivity index (χ1v) is 6.89. The number of allylic oxidation sites excluding steroid dienone is 6. The Hall–Kier alpha value is -1.31. The van der Waals surface area contributed by atoms with Gasteiger partial charge in [-0.3, -0.25) is 4.79 Å². The summed E-state index contributed by atoms with van der Waals surface area (Å²) in [6.07, 6.45) is 11.3. The molecule has 0 saturated heterocycles. The van der Waals surface area contributed by atoms with Crippen LogP contribution in [0.3, 0.4) is 0 Å². The molecule has 0 heterocycles. The first-order chi connectivity index (χ1) is 8.64. The molecule has 0 aromatic carbocycles. The minimum Gasteiger partial charge on any atom is -0.351 e. The van der Waals surface area contributed by atoms with Crippen molar-refractivity contribution in [3.05, 3.63) is 36.0 Å². The van der Waals surface area contributed by atoms with Crippen molar-refractivity contribution >= 4 is 5.91 Å². The molecule has 2 nitrogen and oxygen atoms in total. The maximum absolute atomic E-state index is 11.3.